The minimum absolute atomic E-state index is 0.877. The maximum Gasteiger partial charge on any atom is 0.0842 e. The van der Waals surface area contributed by atoms with Crippen LogP contribution in [-0.2, 0) is 0 Å². The minimum Gasteiger partial charge on any atom is -0.0639 e. The molecule has 6 fully saturated rings. The third-order valence-corrected chi connectivity index (χ3v) is 128. The van der Waals surface area contributed by atoms with Gasteiger partial charge in [-0.25, -0.2) is 0 Å². The zero-order chi connectivity index (χ0) is 43.6. The molecule has 5 aliphatic carbocycles. The topological polar surface area (TPSA) is 0 Å². The molecule has 0 N–H and O–H groups in total. The van der Waals surface area contributed by atoms with E-state index in [1.165, 1.54) is 161 Å². The van der Waals surface area contributed by atoms with E-state index in [-0.39, 0.29) is 0 Å². The Labute approximate surface area is 398 Å². The summed E-state index contributed by atoms with van der Waals surface area (Å²) in [6, 6.07) is 68.0. The quantitative estimate of drug-likeness (QED) is 0.122. The van der Waals surface area contributed by atoms with Crippen molar-refractivity contribution in [1.29, 1.82) is 0 Å². The van der Waals surface area contributed by atoms with Crippen LogP contribution in [0.15, 0.2) is 152 Å². The molecule has 5 heteroatoms. The number of rotatable bonds is 10. The SMILES string of the molecule is c1ccc([Si]2(C3CCCCC3)[Si](c3ccccc3)(C3CCCCC3)[Si](c3ccccc3)(C3CCCCC3)[Si](c3ccccc3)(C3CCCCC3)[Si]2(c2ccccc2)C2CCCCC2)cc1. The summed E-state index contributed by atoms with van der Waals surface area (Å²) in [4.78, 5) is 0. The summed E-state index contributed by atoms with van der Waals surface area (Å²) in [5.41, 5.74) is 4.38. The first-order valence-electron chi connectivity index (χ1n) is 27.6. The second kappa shape index (κ2) is 19.3. The zero-order valence-corrected chi connectivity index (χ0v) is 45.0. The average Bonchev–Trinajstić information content (AvgIpc) is 3.62. The predicted octanol–water partition coefficient (Wildman–Crippen LogP) is 13.8. The molecule has 0 nitrogen and oxygen atoms in total. The standard InChI is InChI=1S/C60H80Si5/c1-11-31-51(32-12-1)61(52-33-13-2-14-34-52)62(53-35-15-3-16-36-53,54-37-17-4-18-38-54)64(57-43-23-7-24-44-57,58-45-25-8-26-46-58)65(59-47-27-9-28-48-59,60-49-29-10-30-50-60)63(61,55-39-19-5-20-40-55)56-41-21-6-22-42-56/h1,3,5,7,9,11-12,15-16,19-20,23-24,27-28,31-32,35-36,39-40,43-44,47-48,52,54,56,58,60H,2,4,6,8,10,13-14,17-18,21-22,25-26,29-30,33-34,37-38,41-42,45-46,49-50H2. The van der Waals surface area contributed by atoms with Gasteiger partial charge in [0, 0.05) is 0 Å². The lowest BCUT2D eigenvalue weighted by Crippen LogP contribution is -2.93. The predicted molar refractivity (Wildman–Crippen MR) is 293 cm³/mol. The van der Waals surface area contributed by atoms with Crippen LogP contribution < -0.4 is 25.9 Å². The summed E-state index contributed by atoms with van der Waals surface area (Å²) in [6.07, 6.45) is 37.0. The molecule has 5 saturated carbocycles. The first-order chi connectivity index (χ1) is 32.3. The van der Waals surface area contributed by atoms with Gasteiger partial charge in [0.1, 0.15) is 0 Å². The van der Waals surface area contributed by atoms with Crippen LogP contribution in [0, 0.1) is 0 Å². The van der Waals surface area contributed by atoms with E-state index in [1.807, 2.05) is 25.9 Å². The molecule has 11 rings (SSSR count). The molecule has 5 aromatic rings. The van der Waals surface area contributed by atoms with Crippen LogP contribution in [0.4, 0.5) is 0 Å². The molecule has 1 heterocycles. The second-order valence-corrected chi connectivity index (χ2v) is 68.8. The van der Waals surface area contributed by atoms with Crippen molar-refractivity contribution >= 4 is 61.5 Å². The molecular formula is C60H80Si5. The van der Waals surface area contributed by atoms with E-state index in [2.05, 4.69) is 152 Å². The fourth-order valence-electron chi connectivity index (χ4n) is 19.4. The summed E-state index contributed by atoms with van der Waals surface area (Å²) in [5, 5.41) is 10.2. The van der Waals surface area contributed by atoms with Crippen LogP contribution in [-0.4, -0.2) is 35.5 Å². The van der Waals surface area contributed by atoms with Gasteiger partial charge >= 0.3 is 0 Å². The Balaban J connectivity index is 1.53. The first kappa shape index (κ1) is 44.7. The Kier molecular flexibility index (Phi) is 13.3. The fraction of sp³-hybridized carbons (Fsp3) is 0.500. The van der Waals surface area contributed by atoms with E-state index in [0.29, 0.717) is 0 Å². The highest BCUT2D eigenvalue weighted by Gasteiger charge is 2.96. The number of benzene rings is 5. The lowest BCUT2D eigenvalue weighted by molar-refractivity contribution is 0.485. The van der Waals surface area contributed by atoms with Gasteiger partial charge in [-0.2, -0.15) is 0 Å². The smallest absolute Gasteiger partial charge is 0.0639 e. The summed E-state index contributed by atoms with van der Waals surface area (Å²) < 4.78 is 0. The molecule has 0 bridgehead atoms. The van der Waals surface area contributed by atoms with Crippen LogP contribution in [0.5, 0.6) is 0 Å². The van der Waals surface area contributed by atoms with Crippen molar-refractivity contribution in [2.45, 2.75) is 188 Å². The van der Waals surface area contributed by atoms with Gasteiger partial charge in [0.05, 0.1) is 35.5 Å². The van der Waals surface area contributed by atoms with Gasteiger partial charge in [0.15, 0.2) is 0 Å². The van der Waals surface area contributed by atoms with Gasteiger partial charge < -0.3 is 0 Å². The van der Waals surface area contributed by atoms with Gasteiger partial charge in [-0.3, -0.25) is 0 Å². The Morgan fingerprint density at radius 3 is 0.462 bits per heavy atom. The molecule has 0 radical (unpaired) electrons. The van der Waals surface area contributed by atoms with Crippen LogP contribution in [0.25, 0.3) is 0 Å². The van der Waals surface area contributed by atoms with E-state index in [1.54, 1.807) is 0 Å². The van der Waals surface area contributed by atoms with Crippen molar-refractivity contribution in [1.82, 2.24) is 0 Å². The molecule has 340 valence electrons. The summed E-state index contributed by atoms with van der Waals surface area (Å²) in [5.74, 6) is 0. The van der Waals surface area contributed by atoms with Gasteiger partial charge in [0.2, 0.25) is 0 Å². The summed E-state index contributed by atoms with van der Waals surface area (Å²) in [7, 11) is -13.6. The Hall–Kier alpha value is -2.82. The molecule has 0 unspecified atom stereocenters. The van der Waals surface area contributed by atoms with Crippen LogP contribution in [0.2, 0.25) is 27.7 Å². The zero-order valence-electron chi connectivity index (χ0n) is 40.0. The molecule has 0 amide bonds. The van der Waals surface area contributed by atoms with Crippen molar-refractivity contribution < 1.29 is 0 Å². The first-order valence-corrected chi connectivity index (χ1v) is 43.0. The monoisotopic (exact) mass is 941 g/mol. The van der Waals surface area contributed by atoms with Crippen molar-refractivity contribution in [3.05, 3.63) is 152 Å². The third kappa shape index (κ3) is 6.46. The molecular weight excluding hydrogens is 861 g/mol. The van der Waals surface area contributed by atoms with E-state index >= 15 is 0 Å². The third-order valence-electron chi connectivity index (χ3n) is 20.3. The number of hydrogen-bond acceptors (Lipinski definition) is 0. The van der Waals surface area contributed by atoms with Gasteiger partial charge in [0.25, 0.3) is 0 Å². The Morgan fingerprint density at radius 2 is 0.323 bits per heavy atom. The van der Waals surface area contributed by atoms with E-state index in [4.69, 9.17) is 0 Å². The second-order valence-electron chi connectivity index (χ2n) is 22.5. The highest BCUT2D eigenvalue weighted by atomic mass is 30.2. The fourth-order valence-corrected chi connectivity index (χ4v) is 231. The van der Waals surface area contributed by atoms with Gasteiger partial charge in [-0.05, 0) is 27.7 Å². The Bertz CT molecular complexity index is 1860. The number of hydrogen-bond donors (Lipinski definition) is 0. The molecule has 1 saturated heterocycles. The van der Waals surface area contributed by atoms with Crippen molar-refractivity contribution in [2.75, 3.05) is 0 Å². The van der Waals surface area contributed by atoms with Crippen molar-refractivity contribution in [3.63, 3.8) is 0 Å². The van der Waals surface area contributed by atoms with E-state index in [0.717, 1.165) is 27.7 Å². The van der Waals surface area contributed by atoms with Crippen LogP contribution in [0.1, 0.15) is 161 Å². The Morgan fingerprint density at radius 1 is 0.185 bits per heavy atom. The molecule has 6 aliphatic rings. The van der Waals surface area contributed by atoms with E-state index in [9.17, 15) is 0 Å². The molecule has 1 aliphatic heterocycles. The highest BCUT2D eigenvalue weighted by Crippen LogP contribution is 2.72. The van der Waals surface area contributed by atoms with Gasteiger partial charge in [-0.1, -0.05) is 338 Å². The van der Waals surface area contributed by atoms with E-state index < -0.39 is 35.5 Å². The molecule has 0 aromatic heterocycles. The average molecular weight is 942 g/mol. The lowest BCUT2D eigenvalue weighted by Gasteiger charge is -2.65. The van der Waals surface area contributed by atoms with Crippen LogP contribution >= 0.6 is 0 Å². The maximum atomic E-state index is 2.95. The van der Waals surface area contributed by atoms with Gasteiger partial charge in [-0.15, -0.1) is 0 Å². The van der Waals surface area contributed by atoms with Crippen molar-refractivity contribution in [2.24, 2.45) is 0 Å². The summed E-state index contributed by atoms with van der Waals surface area (Å²) >= 11 is 0. The molecule has 65 heavy (non-hydrogen) atoms. The normalized spacial score (nSPS) is 32.6. The maximum absolute atomic E-state index is 2.95. The lowest BCUT2D eigenvalue weighted by atomic mass is 10.0. The highest BCUT2D eigenvalue weighted by molar-refractivity contribution is 8.21. The minimum atomic E-state index is -2.73. The van der Waals surface area contributed by atoms with Crippen molar-refractivity contribution in [3.8, 4) is 0 Å². The molecule has 5 aromatic carbocycles. The van der Waals surface area contributed by atoms with Crippen LogP contribution in [0.3, 0.4) is 0 Å². The molecule has 0 atom stereocenters. The molecule has 0 spiro atoms. The largest absolute Gasteiger partial charge is 0.0842 e. The summed E-state index contributed by atoms with van der Waals surface area (Å²) in [6.45, 7) is 0.